The number of carbonyl (C=O) groups is 1. The van der Waals surface area contributed by atoms with Crippen molar-refractivity contribution in [3.8, 4) is 11.1 Å². The molecular weight excluding hydrogens is 402 g/mol. The van der Waals surface area contributed by atoms with Gasteiger partial charge in [-0.05, 0) is 36.3 Å². The Hall–Kier alpha value is -3.39. The number of hydrogen-bond acceptors (Lipinski definition) is 5. The summed E-state index contributed by atoms with van der Waals surface area (Å²) in [7, 11) is 0. The summed E-state index contributed by atoms with van der Waals surface area (Å²) in [5.74, 6) is 0.680. The number of fused-ring (bicyclic) bond motifs is 2. The third kappa shape index (κ3) is 2.91. The van der Waals surface area contributed by atoms with Gasteiger partial charge in [0.2, 0.25) is 11.9 Å². The van der Waals surface area contributed by atoms with E-state index in [0.29, 0.717) is 36.8 Å². The van der Waals surface area contributed by atoms with Gasteiger partial charge in [0.25, 0.3) is 0 Å². The molecule has 0 spiro atoms. The highest BCUT2D eigenvalue weighted by atomic mass is 35.5. The zero-order chi connectivity index (χ0) is 20.8. The highest BCUT2D eigenvalue weighted by Crippen LogP contribution is 2.36. The smallest absolute Gasteiger partial charge is 0.246 e. The van der Waals surface area contributed by atoms with Gasteiger partial charge in [0.1, 0.15) is 0 Å². The molecule has 1 aliphatic rings. The third-order valence-corrected chi connectivity index (χ3v) is 5.93. The van der Waals surface area contributed by atoms with Crippen LogP contribution in [0.4, 0.5) is 5.95 Å². The van der Waals surface area contributed by atoms with E-state index in [1.54, 1.807) is 4.90 Å². The Morgan fingerprint density at radius 1 is 1.23 bits per heavy atom. The number of nitrogens with zero attached hydrogens (tertiary/aromatic N) is 6. The molecule has 3 aromatic heterocycles. The van der Waals surface area contributed by atoms with Gasteiger partial charge in [0.05, 0.1) is 16.7 Å². The van der Waals surface area contributed by atoms with Gasteiger partial charge >= 0.3 is 0 Å². The van der Waals surface area contributed by atoms with Crippen LogP contribution >= 0.6 is 11.6 Å². The van der Waals surface area contributed by atoms with Crippen molar-refractivity contribution >= 4 is 40.0 Å². The molecule has 0 aliphatic carbocycles. The van der Waals surface area contributed by atoms with Crippen molar-refractivity contribution in [3.05, 3.63) is 53.8 Å². The fraction of sp³-hybridized carbons (Fsp3) is 0.238. The number of hydrogen-bond donors (Lipinski definition) is 1. The molecule has 4 aromatic rings. The van der Waals surface area contributed by atoms with Crippen LogP contribution in [-0.2, 0) is 4.79 Å². The van der Waals surface area contributed by atoms with Crippen LogP contribution in [0.25, 0.3) is 27.7 Å². The average molecular weight is 422 g/mol. The minimum atomic E-state index is -0.0442. The Bertz CT molecular complexity index is 1280. The molecule has 1 fully saturated rings. The first-order valence-corrected chi connectivity index (χ1v) is 10.1. The lowest BCUT2D eigenvalue weighted by atomic mass is 9.97. The van der Waals surface area contributed by atoms with Crippen LogP contribution < -0.4 is 4.90 Å². The average Bonchev–Trinajstić information content (AvgIpc) is 3.40. The van der Waals surface area contributed by atoms with Crippen LogP contribution in [0.15, 0.2) is 43.2 Å². The maximum absolute atomic E-state index is 11.8. The largest absolute Gasteiger partial charge is 0.337 e. The predicted molar refractivity (Wildman–Crippen MR) is 117 cm³/mol. The van der Waals surface area contributed by atoms with E-state index in [1.165, 1.54) is 6.08 Å². The normalized spacial score (nSPS) is 14.6. The molecule has 0 bridgehead atoms. The topological polar surface area (TPSA) is 82.4 Å². The molecule has 30 heavy (non-hydrogen) atoms. The summed E-state index contributed by atoms with van der Waals surface area (Å²) in [4.78, 5) is 15.7. The number of anilines is 1. The summed E-state index contributed by atoms with van der Waals surface area (Å²) in [5.41, 5.74) is 4.72. The second kappa shape index (κ2) is 7.14. The number of aromatic amines is 1. The number of nitrogens with one attached hydrogen (secondary N) is 1. The van der Waals surface area contributed by atoms with Crippen molar-refractivity contribution < 1.29 is 4.79 Å². The molecule has 0 saturated carbocycles. The van der Waals surface area contributed by atoms with Crippen LogP contribution in [0.3, 0.4) is 0 Å². The molecule has 1 saturated heterocycles. The molecule has 1 aromatic carbocycles. The fourth-order valence-electron chi connectivity index (χ4n) is 4.05. The number of aromatic nitrogens is 5. The van der Waals surface area contributed by atoms with Crippen molar-refractivity contribution in [3.63, 3.8) is 0 Å². The van der Waals surface area contributed by atoms with Gasteiger partial charge in [-0.15, -0.1) is 10.2 Å². The van der Waals surface area contributed by atoms with E-state index in [9.17, 15) is 4.79 Å². The highest BCUT2D eigenvalue weighted by molar-refractivity contribution is 6.33. The van der Waals surface area contributed by atoms with Crippen LogP contribution in [-0.4, -0.2) is 61.8 Å². The predicted octanol–water partition coefficient (Wildman–Crippen LogP) is 3.07. The van der Waals surface area contributed by atoms with Gasteiger partial charge in [-0.25, -0.2) is 0 Å². The first kappa shape index (κ1) is 18.6. The van der Waals surface area contributed by atoms with E-state index >= 15 is 0 Å². The Balaban J connectivity index is 1.53. The number of aryl methyl sites for hydroxylation is 1. The fourth-order valence-corrected chi connectivity index (χ4v) is 4.29. The zero-order valence-electron chi connectivity index (χ0n) is 16.5. The van der Waals surface area contributed by atoms with Gasteiger partial charge in [-0.1, -0.05) is 24.2 Å². The second-order valence-corrected chi connectivity index (χ2v) is 7.78. The van der Waals surface area contributed by atoms with Crippen LogP contribution in [0.1, 0.15) is 5.56 Å². The Morgan fingerprint density at radius 2 is 2.03 bits per heavy atom. The minimum absolute atomic E-state index is 0.0442. The number of pyridine rings is 1. The number of halogens is 1. The summed E-state index contributed by atoms with van der Waals surface area (Å²) >= 11 is 6.74. The molecule has 8 nitrogen and oxygen atoms in total. The summed E-state index contributed by atoms with van der Waals surface area (Å²) < 4.78 is 1.90. The summed E-state index contributed by atoms with van der Waals surface area (Å²) in [5, 5.41) is 17.6. The van der Waals surface area contributed by atoms with E-state index in [-0.39, 0.29) is 5.91 Å². The van der Waals surface area contributed by atoms with E-state index < -0.39 is 0 Å². The maximum Gasteiger partial charge on any atom is 0.246 e. The van der Waals surface area contributed by atoms with Gasteiger partial charge in [-0.2, -0.15) is 5.10 Å². The standard InChI is InChI=1S/C21H20ClN7O/c1-3-19(30)27-6-8-28(9-7-27)21-26-25-18-10-14(16(22)12-29(18)21)20-13(2)4-5-17-15(20)11-23-24-17/h3-5,10-12H,1,6-9H2,2H3,(H,23,24). The summed E-state index contributed by atoms with van der Waals surface area (Å²) in [6.45, 7) is 8.20. The quantitative estimate of drug-likeness (QED) is 0.514. The molecule has 1 aliphatic heterocycles. The summed E-state index contributed by atoms with van der Waals surface area (Å²) in [6, 6.07) is 6.03. The van der Waals surface area contributed by atoms with E-state index in [1.807, 2.05) is 28.9 Å². The van der Waals surface area contributed by atoms with Crippen molar-refractivity contribution in [1.82, 2.24) is 29.7 Å². The van der Waals surface area contributed by atoms with E-state index in [4.69, 9.17) is 11.6 Å². The number of H-pyrrole nitrogens is 1. The molecule has 5 rings (SSSR count). The lowest BCUT2D eigenvalue weighted by Gasteiger charge is -2.34. The SMILES string of the molecule is C=CC(=O)N1CCN(c2nnc3cc(-c4c(C)ccc5[nH]ncc45)c(Cl)cn23)CC1. The third-order valence-electron chi connectivity index (χ3n) is 5.63. The van der Waals surface area contributed by atoms with Gasteiger partial charge in [-0.3, -0.25) is 14.3 Å². The molecule has 1 amide bonds. The lowest BCUT2D eigenvalue weighted by molar-refractivity contribution is -0.126. The van der Waals surface area contributed by atoms with Gasteiger partial charge < -0.3 is 9.80 Å². The first-order valence-electron chi connectivity index (χ1n) is 9.70. The molecule has 9 heteroatoms. The van der Waals surface area contributed by atoms with Gasteiger partial charge in [0, 0.05) is 43.3 Å². The van der Waals surface area contributed by atoms with Crippen LogP contribution in [0, 0.1) is 6.92 Å². The van der Waals surface area contributed by atoms with Crippen LogP contribution in [0.2, 0.25) is 5.02 Å². The van der Waals surface area contributed by atoms with E-state index in [2.05, 4.69) is 44.9 Å². The molecule has 1 N–H and O–H groups in total. The monoisotopic (exact) mass is 421 g/mol. The van der Waals surface area contributed by atoms with E-state index in [0.717, 1.165) is 33.5 Å². The zero-order valence-corrected chi connectivity index (χ0v) is 17.2. The minimum Gasteiger partial charge on any atom is -0.337 e. The number of benzene rings is 1. The molecule has 0 radical (unpaired) electrons. The molecule has 0 atom stereocenters. The Kier molecular flexibility index (Phi) is 4.43. The Morgan fingerprint density at radius 3 is 2.80 bits per heavy atom. The van der Waals surface area contributed by atoms with Gasteiger partial charge in [0.15, 0.2) is 5.65 Å². The maximum atomic E-state index is 11.8. The second-order valence-electron chi connectivity index (χ2n) is 7.37. The Labute approximate surface area is 177 Å². The molecule has 4 heterocycles. The lowest BCUT2D eigenvalue weighted by Crippen LogP contribution is -2.48. The number of piperazine rings is 1. The van der Waals surface area contributed by atoms with Crippen LogP contribution in [0.5, 0.6) is 0 Å². The number of amides is 1. The van der Waals surface area contributed by atoms with Crippen molar-refractivity contribution in [2.24, 2.45) is 0 Å². The number of rotatable bonds is 3. The summed E-state index contributed by atoms with van der Waals surface area (Å²) in [6.07, 6.45) is 5.03. The highest BCUT2D eigenvalue weighted by Gasteiger charge is 2.23. The van der Waals surface area contributed by atoms with Crippen molar-refractivity contribution in [2.75, 3.05) is 31.1 Å². The van der Waals surface area contributed by atoms with Crippen molar-refractivity contribution in [2.45, 2.75) is 6.92 Å². The molecular formula is C21H20ClN7O. The number of carbonyl (C=O) groups excluding carboxylic acids is 1. The van der Waals surface area contributed by atoms with Crippen molar-refractivity contribution in [1.29, 1.82) is 0 Å². The first-order chi connectivity index (χ1) is 14.6. The molecule has 152 valence electrons. The molecule has 0 unspecified atom stereocenters.